The third kappa shape index (κ3) is 2.95. The molecule has 1 rings (SSSR count). The fourth-order valence-corrected chi connectivity index (χ4v) is 1.43. The first kappa shape index (κ1) is 9.75. The molecule has 12 heavy (non-hydrogen) atoms. The highest BCUT2D eigenvalue weighted by Gasteiger charge is 2.20. The molecule has 2 atom stereocenters. The van der Waals surface area contributed by atoms with E-state index in [4.69, 9.17) is 4.74 Å². The summed E-state index contributed by atoms with van der Waals surface area (Å²) in [6, 6.07) is 0. The van der Waals surface area contributed by atoms with E-state index in [9.17, 15) is 0 Å². The molecule has 0 amide bonds. The van der Waals surface area contributed by atoms with Crippen molar-refractivity contribution in [2.75, 3.05) is 19.7 Å². The Labute approximate surface area is 75.0 Å². The van der Waals surface area contributed by atoms with Gasteiger partial charge >= 0.3 is 0 Å². The van der Waals surface area contributed by atoms with Crippen molar-refractivity contribution < 1.29 is 4.74 Å². The number of hydrogen-bond donors (Lipinski definition) is 1. The van der Waals surface area contributed by atoms with Gasteiger partial charge in [0.25, 0.3) is 0 Å². The zero-order valence-corrected chi connectivity index (χ0v) is 8.10. The number of nitrogens with one attached hydrogen (secondary N) is 1. The van der Waals surface area contributed by atoms with E-state index < -0.39 is 0 Å². The second-order valence-corrected chi connectivity index (χ2v) is 3.78. The maximum Gasteiger partial charge on any atom is 0.0729 e. The van der Waals surface area contributed by atoms with Gasteiger partial charge in [-0.1, -0.05) is 19.1 Å². The Morgan fingerprint density at radius 2 is 2.42 bits per heavy atom. The summed E-state index contributed by atoms with van der Waals surface area (Å²) in [6.45, 7) is 10.9. The van der Waals surface area contributed by atoms with E-state index in [1.807, 2.05) is 6.92 Å². The molecule has 0 saturated carbocycles. The Kier molecular flexibility index (Phi) is 3.76. The molecule has 1 aliphatic heterocycles. The van der Waals surface area contributed by atoms with Gasteiger partial charge in [0, 0.05) is 6.54 Å². The minimum atomic E-state index is 0.385. The number of piperidine rings is 1. The summed E-state index contributed by atoms with van der Waals surface area (Å²) in [7, 11) is 0. The lowest BCUT2D eigenvalue weighted by Crippen LogP contribution is -2.41. The molecule has 2 heteroatoms. The van der Waals surface area contributed by atoms with Gasteiger partial charge in [0.1, 0.15) is 0 Å². The second kappa shape index (κ2) is 4.63. The largest absolute Gasteiger partial charge is 0.372 e. The molecule has 0 radical (unpaired) electrons. The van der Waals surface area contributed by atoms with Crippen LogP contribution >= 0.6 is 0 Å². The van der Waals surface area contributed by atoms with Crippen LogP contribution in [0.5, 0.6) is 0 Å². The SMILES string of the molecule is C=C(C)COC1CNCCC1C. The topological polar surface area (TPSA) is 21.3 Å². The summed E-state index contributed by atoms with van der Waals surface area (Å²) >= 11 is 0. The lowest BCUT2D eigenvalue weighted by molar-refractivity contribution is 0.0167. The lowest BCUT2D eigenvalue weighted by atomic mass is 9.97. The smallest absolute Gasteiger partial charge is 0.0729 e. The van der Waals surface area contributed by atoms with Crippen LogP contribution in [-0.4, -0.2) is 25.8 Å². The van der Waals surface area contributed by atoms with Crippen LogP contribution < -0.4 is 5.32 Å². The van der Waals surface area contributed by atoms with Crippen LogP contribution in [-0.2, 0) is 4.74 Å². The van der Waals surface area contributed by atoms with Gasteiger partial charge in [-0.25, -0.2) is 0 Å². The van der Waals surface area contributed by atoms with Gasteiger partial charge in [-0.3, -0.25) is 0 Å². The standard InChI is InChI=1S/C10H19NO/c1-8(2)7-12-10-6-11-5-4-9(10)3/h9-11H,1,4-7H2,2-3H3. The molecule has 0 aliphatic carbocycles. The highest BCUT2D eigenvalue weighted by Crippen LogP contribution is 2.14. The van der Waals surface area contributed by atoms with Gasteiger partial charge in [0.05, 0.1) is 12.7 Å². The van der Waals surface area contributed by atoms with Crippen LogP contribution in [0.15, 0.2) is 12.2 Å². The highest BCUT2D eigenvalue weighted by atomic mass is 16.5. The zero-order chi connectivity index (χ0) is 8.97. The molecule has 0 spiro atoms. The van der Waals surface area contributed by atoms with Crippen molar-refractivity contribution in [3.8, 4) is 0 Å². The Morgan fingerprint density at radius 1 is 1.67 bits per heavy atom. The summed E-state index contributed by atoms with van der Waals surface area (Å²) in [5.41, 5.74) is 1.10. The summed E-state index contributed by atoms with van der Waals surface area (Å²) in [5, 5.41) is 3.33. The van der Waals surface area contributed by atoms with Gasteiger partial charge in [0.15, 0.2) is 0 Å². The van der Waals surface area contributed by atoms with E-state index in [1.54, 1.807) is 0 Å². The Balaban J connectivity index is 2.24. The van der Waals surface area contributed by atoms with Crippen molar-refractivity contribution in [1.82, 2.24) is 5.32 Å². The monoisotopic (exact) mass is 169 g/mol. The van der Waals surface area contributed by atoms with Crippen molar-refractivity contribution in [3.63, 3.8) is 0 Å². The Morgan fingerprint density at radius 3 is 3.00 bits per heavy atom. The van der Waals surface area contributed by atoms with E-state index in [0.29, 0.717) is 18.6 Å². The van der Waals surface area contributed by atoms with Crippen LogP contribution in [0, 0.1) is 5.92 Å². The predicted molar refractivity (Wildman–Crippen MR) is 51.2 cm³/mol. The quantitative estimate of drug-likeness (QED) is 0.648. The van der Waals surface area contributed by atoms with Crippen LogP contribution in [0.4, 0.5) is 0 Å². The number of rotatable bonds is 3. The molecule has 2 unspecified atom stereocenters. The molecule has 0 aromatic rings. The van der Waals surface area contributed by atoms with Gasteiger partial charge in [0.2, 0.25) is 0 Å². The average Bonchev–Trinajstić information content (AvgIpc) is 2.03. The summed E-state index contributed by atoms with van der Waals surface area (Å²) < 4.78 is 5.69. The summed E-state index contributed by atoms with van der Waals surface area (Å²) in [5.74, 6) is 0.686. The maximum atomic E-state index is 5.69. The van der Waals surface area contributed by atoms with E-state index in [1.165, 1.54) is 6.42 Å². The molecule has 1 heterocycles. The highest BCUT2D eigenvalue weighted by molar-refractivity contribution is 4.88. The summed E-state index contributed by atoms with van der Waals surface area (Å²) in [6.07, 6.45) is 1.61. The molecule has 1 fully saturated rings. The molecule has 0 bridgehead atoms. The fraction of sp³-hybridized carbons (Fsp3) is 0.800. The van der Waals surface area contributed by atoms with Crippen molar-refractivity contribution >= 4 is 0 Å². The molecule has 1 saturated heterocycles. The van der Waals surface area contributed by atoms with Crippen LogP contribution in [0.1, 0.15) is 20.3 Å². The van der Waals surface area contributed by atoms with E-state index in [0.717, 1.165) is 18.7 Å². The minimum Gasteiger partial charge on any atom is -0.372 e. The van der Waals surface area contributed by atoms with Crippen LogP contribution in [0.2, 0.25) is 0 Å². The second-order valence-electron chi connectivity index (χ2n) is 3.78. The third-order valence-electron chi connectivity index (χ3n) is 2.30. The van der Waals surface area contributed by atoms with Gasteiger partial charge in [-0.2, -0.15) is 0 Å². The third-order valence-corrected chi connectivity index (χ3v) is 2.30. The molecular weight excluding hydrogens is 150 g/mol. The van der Waals surface area contributed by atoms with Gasteiger partial charge in [-0.15, -0.1) is 0 Å². The first-order valence-corrected chi connectivity index (χ1v) is 4.67. The fourth-order valence-electron chi connectivity index (χ4n) is 1.43. The van der Waals surface area contributed by atoms with Crippen LogP contribution in [0.3, 0.4) is 0 Å². The first-order valence-electron chi connectivity index (χ1n) is 4.67. The molecule has 1 aliphatic rings. The van der Waals surface area contributed by atoms with Gasteiger partial charge in [-0.05, 0) is 25.8 Å². The average molecular weight is 169 g/mol. The Bertz CT molecular complexity index is 156. The zero-order valence-electron chi connectivity index (χ0n) is 8.10. The Hall–Kier alpha value is -0.340. The first-order chi connectivity index (χ1) is 5.70. The van der Waals surface area contributed by atoms with Gasteiger partial charge < -0.3 is 10.1 Å². The van der Waals surface area contributed by atoms with Crippen molar-refractivity contribution in [2.24, 2.45) is 5.92 Å². The normalized spacial score (nSPS) is 30.2. The van der Waals surface area contributed by atoms with E-state index in [-0.39, 0.29) is 0 Å². The number of ether oxygens (including phenoxy) is 1. The summed E-state index contributed by atoms with van der Waals surface area (Å²) in [4.78, 5) is 0. The van der Waals surface area contributed by atoms with Crippen molar-refractivity contribution in [3.05, 3.63) is 12.2 Å². The predicted octanol–water partition coefficient (Wildman–Crippen LogP) is 1.58. The van der Waals surface area contributed by atoms with E-state index >= 15 is 0 Å². The molecule has 70 valence electrons. The minimum absolute atomic E-state index is 0.385. The van der Waals surface area contributed by atoms with E-state index in [2.05, 4.69) is 18.8 Å². The molecule has 0 aromatic heterocycles. The number of hydrogen-bond acceptors (Lipinski definition) is 2. The van der Waals surface area contributed by atoms with Crippen LogP contribution in [0.25, 0.3) is 0 Å². The lowest BCUT2D eigenvalue weighted by Gasteiger charge is -2.29. The molecule has 2 nitrogen and oxygen atoms in total. The maximum absolute atomic E-state index is 5.69. The molecular formula is C10H19NO. The molecule has 0 aromatic carbocycles. The van der Waals surface area contributed by atoms with Crippen molar-refractivity contribution in [2.45, 2.75) is 26.4 Å². The molecule has 1 N–H and O–H groups in total. The van der Waals surface area contributed by atoms with Crippen molar-refractivity contribution in [1.29, 1.82) is 0 Å².